The highest BCUT2D eigenvalue weighted by Gasteiger charge is 2.17. The van der Waals surface area contributed by atoms with Crippen molar-refractivity contribution in [2.24, 2.45) is 0 Å². The summed E-state index contributed by atoms with van der Waals surface area (Å²) in [5.41, 5.74) is 9.94. The lowest BCUT2D eigenvalue weighted by atomic mass is 10.2. The molecule has 172 valence electrons. The summed E-state index contributed by atoms with van der Waals surface area (Å²) in [6.07, 6.45) is 0.689. The lowest BCUT2D eigenvalue weighted by molar-refractivity contribution is -0.118. The van der Waals surface area contributed by atoms with Crippen molar-refractivity contribution in [3.05, 3.63) is 59.9 Å². The fourth-order valence-electron chi connectivity index (χ4n) is 3.88. The fourth-order valence-corrected chi connectivity index (χ4v) is 3.88. The minimum atomic E-state index is -0.00118. The van der Waals surface area contributed by atoms with E-state index in [0.29, 0.717) is 31.1 Å². The molecule has 8 heteroatoms. The number of para-hydroxylation sites is 1. The zero-order valence-corrected chi connectivity index (χ0v) is 19.0. The van der Waals surface area contributed by atoms with Gasteiger partial charge < -0.3 is 25.1 Å². The van der Waals surface area contributed by atoms with Crippen LogP contribution in [0.2, 0.25) is 0 Å². The Hall–Kier alpha value is -3.49. The summed E-state index contributed by atoms with van der Waals surface area (Å²) >= 11 is 0. The molecule has 0 radical (unpaired) electrons. The third kappa shape index (κ3) is 5.30. The van der Waals surface area contributed by atoms with Crippen LogP contribution < -0.4 is 15.8 Å². The Balaban J connectivity index is 1.52. The third-order valence-corrected chi connectivity index (χ3v) is 5.40. The van der Waals surface area contributed by atoms with Crippen LogP contribution in [0.1, 0.15) is 18.3 Å². The first-order valence-electron chi connectivity index (χ1n) is 11.0. The van der Waals surface area contributed by atoms with Crippen LogP contribution in [-0.4, -0.2) is 47.2 Å². The number of carbonyl (C=O) groups is 1. The Labute approximate surface area is 192 Å². The minimum absolute atomic E-state index is 0.00118. The quantitative estimate of drug-likeness (QED) is 0.340. The molecule has 0 aliphatic rings. The van der Waals surface area contributed by atoms with Crippen molar-refractivity contribution in [3.63, 3.8) is 0 Å². The summed E-state index contributed by atoms with van der Waals surface area (Å²) in [5, 5.41) is 4.53. The first-order chi connectivity index (χ1) is 16.1. The largest absolute Gasteiger partial charge is 0.486 e. The number of aromatic nitrogens is 3. The SMILES string of the molecule is COCCc1nc2c(N)nc3ccccc3c2n1CCNCc1cccc(OCC(C)=O)c1. The second-order valence-corrected chi connectivity index (χ2v) is 7.95. The van der Waals surface area contributed by atoms with E-state index in [1.165, 1.54) is 6.92 Å². The molecule has 0 amide bonds. The predicted octanol–water partition coefficient (Wildman–Crippen LogP) is 3.11. The molecular weight excluding hydrogens is 418 g/mol. The van der Waals surface area contributed by atoms with E-state index < -0.39 is 0 Å². The number of benzene rings is 2. The molecule has 3 N–H and O–H groups in total. The maximum atomic E-state index is 11.2. The number of pyridine rings is 1. The van der Waals surface area contributed by atoms with E-state index in [2.05, 4.69) is 20.9 Å². The second-order valence-electron chi connectivity index (χ2n) is 7.95. The standard InChI is InChI=1S/C25H29N5O3/c1-17(31)16-33-19-7-5-6-18(14-19)15-27-11-12-30-22(10-13-32-2)29-23-24(30)20-8-3-4-9-21(20)28-25(23)26/h3-9,14,27H,10-13,15-16H2,1-2H3,(H2,26,28). The molecule has 8 nitrogen and oxygen atoms in total. The topological polar surface area (TPSA) is 104 Å². The summed E-state index contributed by atoms with van der Waals surface area (Å²) in [6.45, 7) is 4.32. The van der Waals surface area contributed by atoms with Crippen LogP contribution in [-0.2, 0) is 29.0 Å². The van der Waals surface area contributed by atoms with Gasteiger partial charge in [0.1, 0.15) is 23.7 Å². The number of imidazole rings is 1. The Morgan fingerprint density at radius 2 is 2.00 bits per heavy atom. The van der Waals surface area contributed by atoms with Crippen molar-refractivity contribution >= 4 is 33.5 Å². The van der Waals surface area contributed by atoms with E-state index in [9.17, 15) is 4.79 Å². The lowest BCUT2D eigenvalue weighted by Crippen LogP contribution is -2.21. The van der Waals surface area contributed by atoms with Crippen LogP contribution >= 0.6 is 0 Å². The van der Waals surface area contributed by atoms with Gasteiger partial charge in [-0.3, -0.25) is 4.79 Å². The highest BCUT2D eigenvalue weighted by atomic mass is 16.5. The minimum Gasteiger partial charge on any atom is -0.486 e. The number of nitrogen functional groups attached to an aromatic ring is 1. The third-order valence-electron chi connectivity index (χ3n) is 5.40. The first-order valence-corrected chi connectivity index (χ1v) is 11.0. The molecule has 0 bridgehead atoms. The first kappa shape index (κ1) is 22.7. The molecular formula is C25H29N5O3. The zero-order valence-electron chi connectivity index (χ0n) is 19.0. The normalized spacial score (nSPS) is 11.3. The van der Waals surface area contributed by atoms with Gasteiger partial charge >= 0.3 is 0 Å². The number of nitrogens with two attached hydrogens (primary N) is 1. The number of hydrogen-bond acceptors (Lipinski definition) is 7. The van der Waals surface area contributed by atoms with Gasteiger partial charge in [0.05, 0.1) is 17.6 Å². The van der Waals surface area contributed by atoms with Gasteiger partial charge in [-0.25, -0.2) is 9.97 Å². The van der Waals surface area contributed by atoms with Crippen molar-refractivity contribution in [3.8, 4) is 5.75 Å². The molecule has 0 aliphatic carbocycles. The Morgan fingerprint density at radius 1 is 1.15 bits per heavy atom. The Bertz CT molecular complexity index is 1270. The van der Waals surface area contributed by atoms with Crippen molar-refractivity contribution in [2.75, 3.05) is 32.6 Å². The number of ketones is 1. The van der Waals surface area contributed by atoms with Gasteiger partial charge in [-0.2, -0.15) is 0 Å². The maximum absolute atomic E-state index is 11.2. The highest BCUT2D eigenvalue weighted by Crippen LogP contribution is 2.28. The van der Waals surface area contributed by atoms with Crippen molar-refractivity contribution in [1.29, 1.82) is 0 Å². The monoisotopic (exact) mass is 447 g/mol. The van der Waals surface area contributed by atoms with Gasteiger partial charge in [0.2, 0.25) is 0 Å². The number of carbonyl (C=O) groups excluding carboxylic acids is 1. The smallest absolute Gasteiger partial charge is 0.167 e. The van der Waals surface area contributed by atoms with Crippen LogP contribution in [0, 0.1) is 0 Å². The molecule has 0 spiro atoms. The number of fused-ring (bicyclic) bond motifs is 3. The average molecular weight is 448 g/mol. The molecule has 2 aromatic carbocycles. The number of hydrogen-bond donors (Lipinski definition) is 2. The zero-order chi connectivity index (χ0) is 23.2. The van der Waals surface area contributed by atoms with Gasteiger partial charge in [-0.1, -0.05) is 30.3 Å². The number of methoxy groups -OCH3 is 1. The van der Waals surface area contributed by atoms with E-state index in [4.69, 9.17) is 20.2 Å². The summed E-state index contributed by atoms with van der Waals surface area (Å²) in [4.78, 5) is 20.5. The molecule has 0 aliphatic heterocycles. The van der Waals surface area contributed by atoms with Crippen LogP contribution in [0.3, 0.4) is 0 Å². The molecule has 4 rings (SSSR count). The lowest BCUT2D eigenvalue weighted by Gasteiger charge is -2.12. The van der Waals surface area contributed by atoms with E-state index >= 15 is 0 Å². The number of Topliss-reactive ketones (excluding diaryl/α,β-unsaturated/α-hetero) is 1. The Morgan fingerprint density at radius 3 is 2.82 bits per heavy atom. The summed E-state index contributed by atoms with van der Waals surface area (Å²) in [6, 6.07) is 15.8. The van der Waals surface area contributed by atoms with Crippen LogP contribution in [0.5, 0.6) is 5.75 Å². The van der Waals surface area contributed by atoms with Gasteiger partial charge in [0.25, 0.3) is 0 Å². The molecule has 4 aromatic rings. The predicted molar refractivity (Wildman–Crippen MR) is 129 cm³/mol. The maximum Gasteiger partial charge on any atom is 0.167 e. The number of rotatable bonds is 11. The highest BCUT2D eigenvalue weighted by molar-refractivity contribution is 6.06. The van der Waals surface area contributed by atoms with E-state index in [-0.39, 0.29) is 12.4 Å². The van der Waals surface area contributed by atoms with Gasteiger partial charge in [-0.05, 0) is 30.7 Å². The molecule has 0 atom stereocenters. The molecule has 2 aromatic heterocycles. The summed E-state index contributed by atoms with van der Waals surface area (Å²) in [7, 11) is 1.69. The molecule has 33 heavy (non-hydrogen) atoms. The number of ether oxygens (including phenoxy) is 2. The molecule has 2 heterocycles. The van der Waals surface area contributed by atoms with Crippen molar-refractivity contribution < 1.29 is 14.3 Å². The number of anilines is 1. The van der Waals surface area contributed by atoms with Crippen LogP contribution in [0.25, 0.3) is 21.9 Å². The van der Waals surface area contributed by atoms with Gasteiger partial charge in [0.15, 0.2) is 11.6 Å². The fraction of sp³-hybridized carbons (Fsp3) is 0.320. The van der Waals surface area contributed by atoms with E-state index in [1.54, 1.807) is 7.11 Å². The molecule has 0 unspecified atom stereocenters. The molecule has 0 saturated heterocycles. The number of nitrogens with one attached hydrogen (secondary N) is 1. The average Bonchev–Trinajstić information content (AvgIpc) is 3.19. The van der Waals surface area contributed by atoms with E-state index in [1.807, 2.05) is 42.5 Å². The second kappa shape index (κ2) is 10.4. The van der Waals surface area contributed by atoms with Gasteiger partial charge in [-0.15, -0.1) is 0 Å². The van der Waals surface area contributed by atoms with Gasteiger partial charge in [0, 0.05) is 38.6 Å². The molecule has 0 saturated carbocycles. The number of nitrogens with zero attached hydrogens (tertiary/aromatic N) is 3. The Kier molecular flexibility index (Phi) is 7.16. The van der Waals surface area contributed by atoms with E-state index in [0.717, 1.165) is 46.4 Å². The van der Waals surface area contributed by atoms with Crippen LogP contribution in [0.15, 0.2) is 48.5 Å². The summed E-state index contributed by atoms with van der Waals surface area (Å²) in [5.74, 6) is 2.06. The van der Waals surface area contributed by atoms with Crippen molar-refractivity contribution in [2.45, 2.75) is 26.4 Å². The molecule has 0 fully saturated rings. The van der Waals surface area contributed by atoms with Crippen molar-refractivity contribution in [1.82, 2.24) is 19.9 Å². The summed E-state index contributed by atoms with van der Waals surface area (Å²) < 4.78 is 13.0. The van der Waals surface area contributed by atoms with Crippen LogP contribution in [0.4, 0.5) is 5.82 Å².